The fourth-order valence-corrected chi connectivity index (χ4v) is 2.13. The van der Waals surface area contributed by atoms with Crippen molar-refractivity contribution in [2.75, 3.05) is 6.61 Å². The molecular formula is C17H15N3O2. The summed E-state index contributed by atoms with van der Waals surface area (Å²) in [6.45, 7) is -0.203. The lowest BCUT2D eigenvalue weighted by Crippen LogP contribution is -2.20. The molecule has 1 aromatic heterocycles. The highest BCUT2D eigenvalue weighted by molar-refractivity contribution is 5.76. The number of amides is 1. The Morgan fingerprint density at radius 1 is 1.05 bits per heavy atom. The molecule has 0 radical (unpaired) electrons. The van der Waals surface area contributed by atoms with Crippen LogP contribution < -0.4 is 10.5 Å². The number of hydrogen-bond donors (Lipinski definition) is 1. The van der Waals surface area contributed by atoms with Crippen molar-refractivity contribution in [3.63, 3.8) is 0 Å². The van der Waals surface area contributed by atoms with Crippen LogP contribution in [0, 0.1) is 0 Å². The van der Waals surface area contributed by atoms with E-state index in [1.807, 2.05) is 66.9 Å². The molecule has 0 unspecified atom stereocenters. The molecule has 0 saturated carbocycles. The first-order chi connectivity index (χ1) is 10.7. The largest absolute Gasteiger partial charge is 0.466 e. The zero-order valence-electron chi connectivity index (χ0n) is 11.8. The molecule has 2 aromatic carbocycles. The van der Waals surface area contributed by atoms with E-state index >= 15 is 0 Å². The number of nitrogens with two attached hydrogens (primary N) is 1. The Morgan fingerprint density at radius 3 is 2.32 bits per heavy atom. The Labute approximate surface area is 127 Å². The maximum Gasteiger partial charge on any atom is 0.255 e. The first kappa shape index (κ1) is 13.9. The molecule has 5 heteroatoms. The molecule has 5 nitrogen and oxygen atoms in total. The van der Waals surface area contributed by atoms with Gasteiger partial charge in [0.2, 0.25) is 5.88 Å². The van der Waals surface area contributed by atoms with E-state index in [2.05, 4.69) is 5.10 Å². The van der Waals surface area contributed by atoms with Crippen LogP contribution in [0.15, 0.2) is 66.9 Å². The van der Waals surface area contributed by atoms with Gasteiger partial charge in [0.25, 0.3) is 5.91 Å². The molecule has 0 aliphatic heterocycles. The summed E-state index contributed by atoms with van der Waals surface area (Å²) in [6.07, 6.45) is 1.88. The molecule has 0 saturated heterocycles. The summed E-state index contributed by atoms with van der Waals surface area (Å²) in [5.74, 6) is -0.151. The Kier molecular flexibility index (Phi) is 3.87. The van der Waals surface area contributed by atoms with E-state index < -0.39 is 5.91 Å². The highest BCUT2D eigenvalue weighted by atomic mass is 16.5. The minimum absolute atomic E-state index is 0.203. The van der Waals surface area contributed by atoms with Gasteiger partial charge in [-0.3, -0.25) is 4.79 Å². The molecule has 1 heterocycles. The third kappa shape index (κ3) is 2.98. The van der Waals surface area contributed by atoms with Crippen molar-refractivity contribution >= 4 is 5.91 Å². The van der Waals surface area contributed by atoms with Crippen LogP contribution in [-0.4, -0.2) is 22.3 Å². The third-order valence-electron chi connectivity index (χ3n) is 3.14. The number of aromatic nitrogens is 2. The summed E-state index contributed by atoms with van der Waals surface area (Å²) in [5.41, 5.74) is 7.83. The summed E-state index contributed by atoms with van der Waals surface area (Å²) >= 11 is 0. The van der Waals surface area contributed by atoms with Crippen LogP contribution in [0.5, 0.6) is 5.88 Å². The topological polar surface area (TPSA) is 70.1 Å². The van der Waals surface area contributed by atoms with Crippen LogP contribution in [0.4, 0.5) is 0 Å². The normalized spacial score (nSPS) is 10.4. The number of hydrogen-bond acceptors (Lipinski definition) is 3. The first-order valence-electron chi connectivity index (χ1n) is 6.85. The number of carbonyl (C=O) groups is 1. The van der Waals surface area contributed by atoms with E-state index in [4.69, 9.17) is 10.5 Å². The molecule has 0 fully saturated rings. The Balaban J connectivity index is 2.03. The fourth-order valence-electron chi connectivity index (χ4n) is 2.13. The predicted octanol–water partition coefficient (Wildman–Crippen LogP) is 2.40. The summed E-state index contributed by atoms with van der Waals surface area (Å²) in [7, 11) is 0. The molecule has 2 N–H and O–H groups in total. The van der Waals surface area contributed by atoms with Crippen LogP contribution >= 0.6 is 0 Å². The number of rotatable bonds is 5. The average Bonchev–Trinajstić information content (AvgIpc) is 2.99. The Bertz CT molecular complexity index is 767. The van der Waals surface area contributed by atoms with Gasteiger partial charge in [-0.1, -0.05) is 48.5 Å². The van der Waals surface area contributed by atoms with Crippen molar-refractivity contribution < 1.29 is 9.53 Å². The number of para-hydroxylation sites is 1. The summed E-state index contributed by atoms with van der Waals surface area (Å²) < 4.78 is 7.17. The van der Waals surface area contributed by atoms with E-state index in [-0.39, 0.29) is 6.61 Å². The average molecular weight is 293 g/mol. The standard InChI is InChI=1S/C17H15N3O2/c18-16(21)12-22-17-15(13-7-3-1-4-8-13)11-20(19-17)14-9-5-2-6-10-14/h1-11H,12H2,(H2,18,21). The van der Waals surface area contributed by atoms with Crippen LogP contribution in [0.2, 0.25) is 0 Å². The summed E-state index contributed by atoms with van der Waals surface area (Å²) in [5, 5.41) is 4.42. The van der Waals surface area contributed by atoms with E-state index in [1.165, 1.54) is 0 Å². The van der Waals surface area contributed by atoms with E-state index in [0.29, 0.717) is 5.88 Å². The number of carbonyl (C=O) groups excluding carboxylic acids is 1. The minimum atomic E-state index is -0.534. The zero-order chi connectivity index (χ0) is 15.4. The van der Waals surface area contributed by atoms with Gasteiger partial charge in [0.15, 0.2) is 6.61 Å². The van der Waals surface area contributed by atoms with Crippen molar-refractivity contribution in [1.29, 1.82) is 0 Å². The SMILES string of the molecule is NC(=O)COc1nn(-c2ccccc2)cc1-c1ccccc1. The minimum Gasteiger partial charge on any atom is -0.466 e. The van der Waals surface area contributed by atoms with Crippen LogP contribution in [0.3, 0.4) is 0 Å². The smallest absolute Gasteiger partial charge is 0.255 e. The lowest BCUT2D eigenvalue weighted by Gasteiger charge is -2.03. The number of benzene rings is 2. The van der Waals surface area contributed by atoms with Gasteiger partial charge in [-0.25, -0.2) is 4.68 Å². The van der Waals surface area contributed by atoms with Gasteiger partial charge in [0, 0.05) is 6.20 Å². The van der Waals surface area contributed by atoms with Crippen LogP contribution in [-0.2, 0) is 4.79 Å². The third-order valence-corrected chi connectivity index (χ3v) is 3.14. The molecule has 3 rings (SSSR count). The van der Waals surface area contributed by atoms with Gasteiger partial charge in [-0.15, -0.1) is 5.10 Å². The number of ether oxygens (including phenoxy) is 1. The maximum absolute atomic E-state index is 11.0. The molecule has 0 atom stereocenters. The van der Waals surface area contributed by atoms with Gasteiger partial charge in [-0.2, -0.15) is 0 Å². The predicted molar refractivity (Wildman–Crippen MR) is 83.7 cm³/mol. The Morgan fingerprint density at radius 2 is 1.68 bits per heavy atom. The van der Waals surface area contributed by atoms with Gasteiger partial charge in [0.05, 0.1) is 11.3 Å². The second-order valence-electron chi connectivity index (χ2n) is 4.75. The maximum atomic E-state index is 11.0. The fraction of sp³-hybridized carbons (Fsp3) is 0.0588. The molecule has 0 spiro atoms. The molecule has 0 aliphatic carbocycles. The zero-order valence-corrected chi connectivity index (χ0v) is 11.8. The van der Waals surface area contributed by atoms with Crippen LogP contribution in [0.1, 0.15) is 0 Å². The van der Waals surface area contributed by atoms with Crippen molar-refractivity contribution in [3.05, 3.63) is 66.9 Å². The van der Waals surface area contributed by atoms with E-state index in [0.717, 1.165) is 16.8 Å². The lowest BCUT2D eigenvalue weighted by molar-refractivity contribution is -0.120. The van der Waals surface area contributed by atoms with Gasteiger partial charge >= 0.3 is 0 Å². The monoisotopic (exact) mass is 293 g/mol. The second kappa shape index (κ2) is 6.13. The van der Waals surface area contributed by atoms with Crippen molar-refractivity contribution in [2.24, 2.45) is 5.73 Å². The molecule has 3 aromatic rings. The molecule has 0 aliphatic rings. The first-order valence-corrected chi connectivity index (χ1v) is 6.85. The quantitative estimate of drug-likeness (QED) is 0.785. The summed E-state index contributed by atoms with van der Waals surface area (Å²) in [4.78, 5) is 11.0. The molecular weight excluding hydrogens is 278 g/mol. The van der Waals surface area contributed by atoms with Crippen molar-refractivity contribution in [3.8, 4) is 22.7 Å². The molecule has 110 valence electrons. The van der Waals surface area contributed by atoms with Gasteiger partial charge in [0.1, 0.15) is 0 Å². The van der Waals surface area contributed by atoms with E-state index in [9.17, 15) is 4.79 Å². The molecule has 0 bridgehead atoms. The lowest BCUT2D eigenvalue weighted by atomic mass is 10.1. The van der Waals surface area contributed by atoms with Crippen molar-refractivity contribution in [1.82, 2.24) is 9.78 Å². The summed E-state index contributed by atoms with van der Waals surface area (Å²) in [6, 6.07) is 19.4. The highest BCUT2D eigenvalue weighted by Gasteiger charge is 2.14. The molecule has 22 heavy (non-hydrogen) atoms. The number of nitrogens with zero attached hydrogens (tertiary/aromatic N) is 2. The second-order valence-corrected chi connectivity index (χ2v) is 4.75. The highest BCUT2D eigenvalue weighted by Crippen LogP contribution is 2.29. The van der Waals surface area contributed by atoms with E-state index in [1.54, 1.807) is 4.68 Å². The van der Waals surface area contributed by atoms with Crippen molar-refractivity contribution in [2.45, 2.75) is 0 Å². The van der Waals surface area contributed by atoms with Gasteiger partial charge < -0.3 is 10.5 Å². The van der Waals surface area contributed by atoms with Gasteiger partial charge in [-0.05, 0) is 17.7 Å². The van der Waals surface area contributed by atoms with Crippen LogP contribution in [0.25, 0.3) is 16.8 Å². The number of primary amides is 1. The molecule has 1 amide bonds. The Hall–Kier alpha value is -3.08.